The molecule has 0 saturated carbocycles. The molecule has 0 bridgehead atoms. The van der Waals surface area contributed by atoms with Gasteiger partial charge in [-0.25, -0.2) is 0 Å². The number of nitrogens with one attached hydrogen (secondary N) is 1. The number of benzene rings is 1. The highest BCUT2D eigenvalue weighted by Gasteiger charge is 2.10. The lowest BCUT2D eigenvalue weighted by Crippen LogP contribution is -2.27. The second-order valence-corrected chi connectivity index (χ2v) is 4.09. The predicted molar refractivity (Wildman–Crippen MR) is 67.6 cm³/mol. The highest BCUT2D eigenvalue weighted by molar-refractivity contribution is 5.43. The zero-order valence-corrected chi connectivity index (χ0v) is 10.9. The Balaban J connectivity index is 2.77. The normalized spacial score (nSPS) is 14.2. The van der Waals surface area contributed by atoms with Crippen LogP contribution in [0.25, 0.3) is 0 Å². The number of hydrogen-bond donors (Lipinski definition) is 2. The Morgan fingerprint density at radius 2 is 1.82 bits per heavy atom. The van der Waals surface area contributed by atoms with E-state index in [1.165, 1.54) is 0 Å². The van der Waals surface area contributed by atoms with Crippen LogP contribution in [0.4, 0.5) is 0 Å². The third kappa shape index (κ3) is 3.91. The van der Waals surface area contributed by atoms with E-state index in [9.17, 15) is 5.11 Å². The topological polar surface area (TPSA) is 50.7 Å². The molecule has 4 heteroatoms. The van der Waals surface area contributed by atoms with Crippen molar-refractivity contribution >= 4 is 0 Å². The van der Waals surface area contributed by atoms with Crippen LogP contribution in [-0.2, 0) is 0 Å². The first-order valence-electron chi connectivity index (χ1n) is 5.71. The summed E-state index contributed by atoms with van der Waals surface area (Å²) in [6.07, 6.45) is -0.349. The molecule has 2 atom stereocenters. The Kier molecular flexibility index (Phi) is 5.25. The first-order chi connectivity index (χ1) is 8.08. The van der Waals surface area contributed by atoms with Crippen molar-refractivity contribution in [2.75, 3.05) is 20.8 Å². The minimum atomic E-state index is -0.349. The van der Waals surface area contributed by atoms with E-state index in [2.05, 4.69) is 5.32 Å². The molecule has 0 amide bonds. The number of methoxy groups -OCH3 is 2. The van der Waals surface area contributed by atoms with Gasteiger partial charge in [0.15, 0.2) is 11.5 Å². The number of aliphatic hydroxyl groups is 1. The van der Waals surface area contributed by atoms with E-state index >= 15 is 0 Å². The molecule has 0 spiro atoms. The van der Waals surface area contributed by atoms with Crippen LogP contribution in [-0.4, -0.2) is 32.0 Å². The van der Waals surface area contributed by atoms with Gasteiger partial charge in [-0.15, -0.1) is 0 Å². The number of hydrogen-bond acceptors (Lipinski definition) is 4. The Morgan fingerprint density at radius 3 is 2.35 bits per heavy atom. The van der Waals surface area contributed by atoms with E-state index in [0.29, 0.717) is 6.54 Å². The molecule has 17 heavy (non-hydrogen) atoms. The Hall–Kier alpha value is -1.26. The summed E-state index contributed by atoms with van der Waals surface area (Å²) in [5, 5.41) is 12.5. The summed E-state index contributed by atoms with van der Waals surface area (Å²) < 4.78 is 10.4. The van der Waals surface area contributed by atoms with Crippen LogP contribution >= 0.6 is 0 Å². The van der Waals surface area contributed by atoms with Gasteiger partial charge in [0.2, 0.25) is 0 Å². The fourth-order valence-electron chi connectivity index (χ4n) is 1.59. The molecule has 96 valence electrons. The second-order valence-electron chi connectivity index (χ2n) is 4.09. The van der Waals surface area contributed by atoms with Gasteiger partial charge in [-0.3, -0.25) is 0 Å². The third-order valence-electron chi connectivity index (χ3n) is 2.63. The highest BCUT2D eigenvalue weighted by atomic mass is 16.5. The molecule has 0 fully saturated rings. The van der Waals surface area contributed by atoms with Crippen LogP contribution in [0, 0.1) is 0 Å². The molecule has 1 aromatic carbocycles. The van der Waals surface area contributed by atoms with E-state index in [-0.39, 0.29) is 12.1 Å². The van der Waals surface area contributed by atoms with Crippen molar-refractivity contribution in [2.45, 2.75) is 26.0 Å². The number of rotatable bonds is 6. The zero-order valence-electron chi connectivity index (χ0n) is 10.9. The van der Waals surface area contributed by atoms with Gasteiger partial charge in [-0.1, -0.05) is 6.07 Å². The molecule has 0 saturated heterocycles. The van der Waals surface area contributed by atoms with Crippen molar-refractivity contribution in [1.82, 2.24) is 5.32 Å². The molecule has 2 N–H and O–H groups in total. The lowest BCUT2D eigenvalue weighted by Gasteiger charge is -2.17. The summed E-state index contributed by atoms with van der Waals surface area (Å²) in [5.41, 5.74) is 1.10. The van der Waals surface area contributed by atoms with E-state index in [4.69, 9.17) is 9.47 Å². The van der Waals surface area contributed by atoms with Crippen LogP contribution in [0.5, 0.6) is 11.5 Å². The van der Waals surface area contributed by atoms with Gasteiger partial charge in [-0.2, -0.15) is 0 Å². The summed E-state index contributed by atoms with van der Waals surface area (Å²) in [7, 11) is 3.24. The first kappa shape index (κ1) is 13.8. The van der Waals surface area contributed by atoms with Crippen LogP contribution in [0.2, 0.25) is 0 Å². The molecule has 2 unspecified atom stereocenters. The maximum absolute atomic E-state index is 9.22. The van der Waals surface area contributed by atoms with Crippen LogP contribution in [0.15, 0.2) is 18.2 Å². The molecule has 0 heterocycles. The van der Waals surface area contributed by atoms with E-state index < -0.39 is 0 Å². The van der Waals surface area contributed by atoms with E-state index in [1.54, 1.807) is 21.1 Å². The minimum Gasteiger partial charge on any atom is -0.493 e. The fraction of sp³-hybridized carbons (Fsp3) is 0.538. The summed E-state index contributed by atoms with van der Waals surface area (Å²) in [5.74, 6) is 1.44. The van der Waals surface area contributed by atoms with Gasteiger partial charge in [0.25, 0.3) is 0 Å². The molecule has 0 aromatic heterocycles. The standard InChI is InChI=1S/C13H21NO3/c1-9(15)8-14-10(2)11-5-6-12(16-3)13(7-11)17-4/h5-7,9-10,14-15H,8H2,1-4H3. The summed E-state index contributed by atoms with van der Waals surface area (Å²) in [4.78, 5) is 0. The monoisotopic (exact) mass is 239 g/mol. The number of aliphatic hydroxyl groups excluding tert-OH is 1. The lowest BCUT2D eigenvalue weighted by molar-refractivity contribution is 0.187. The van der Waals surface area contributed by atoms with Crippen LogP contribution in [0.3, 0.4) is 0 Å². The minimum absolute atomic E-state index is 0.157. The molecule has 4 nitrogen and oxygen atoms in total. The second kappa shape index (κ2) is 6.47. The zero-order chi connectivity index (χ0) is 12.8. The van der Waals surface area contributed by atoms with Crippen LogP contribution in [0.1, 0.15) is 25.5 Å². The average Bonchev–Trinajstić information content (AvgIpc) is 2.34. The Labute approximate surface area is 103 Å². The molecular weight excluding hydrogens is 218 g/mol. The van der Waals surface area contributed by atoms with Gasteiger partial charge in [0.1, 0.15) is 0 Å². The van der Waals surface area contributed by atoms with Crippen LogP contribution < -0.4 is 14.8 Å². The fourth-order valence-corrected chi connectivity index (χ4v) is 1.59. The average molecular weight is 239 g/mol. The van der Waals surface area contributed by atoms with Gasteiger partial charge < -0.3 is 19.9 Å². The SMILES string of the molecule is COc1ccc(C(C)NCC(C)O)cc1OC. The summed E-state index contributed by atoms with van der Waals surface area (Å²) in [6.45, 7) is 4.37. The van der Waals surface area contributed by atoms with E-state index in [0.717, 1.165) is 17.1 Å². The number of ether oxygens (including phenoxy) is 2. The quantitative estimate of drug-likeness (QED) is 0.794. The Bertz CT molecular complexity index is 353. The Morgan fingerprint density at radius 1 is 1.18 bits per heavy atom. The van der Waals surface area contributed by atoms with Gasteiger partial charge in [0.05, 0.1) is 20.3 Å². The molecule has 0 radical (unpaired) electrons. The molecule has 0 aliphatic heterocycles. The van der Waals surface area contributed by atoms with Gasteiger partial charge in [0, 0.05) is 12.6 Å². The largest absolute Gasteiger partial charge is 0.493 e. The molecule has 1 aromatic rings. The van der Waals surface area contributed by atoms with Crippen molar-refractivity contribution in [3.8, 4) is 11.5 Å². The molecular formula is C13H21NO3. The van der Waals surface area contributed by atoms with Crippen molar-refractivity contribution < 1.29 is 14.6 Å². The van der Waals surface area contributed by atoms with Gasteiger partial charge >= 0.3 is 0 Å². The molecule has 0 aliphatic carbocycles. The van der Waals surface area contributed by atoms with Gasteiger partial charge in [-0.05, 0) is 31.5 Å². The first-order valence-corrected chi connectivity index (χ1v) is 5.71. The van der Waals surface area contributed by atoms with Crippen molar-refractivity contribution in [2.24, 2.45) is 0 Å². The van der Waals surface area contributed by atoms with E-state index in [1.807, 2.05) is 25.1 Å². The molecule has 1 rings (SSSR count). The lowest BCUT2D eigenvalue weighted by atomic mass is 10.1. The third-order valence-corrected chi connectivity index (χ3v) is 2.63. The maximum Gasteiger partial charge on any atom is 0.161 e. The van der Waals surface area contributed by atoms with Crippen molar-refractivity contribution in [1.29, 1.82) is 0 Å². The highest BCUT2D eigenvalue weighted by Crippen LogP contribution is 2.29. The summed E-state index contributed by atoms with van der Waals surface area (Å²) >= 11 is 0. The maximum atomic E-state index is 9.22. The smallest absolute Gasteiger partial charge is 0.161 e. The summed E-state index contributed by atoms with van der Waals surface area (Å²) in [6, 6.07) is 5.97. The van der Waals surface area contributed by atoms with Crippen molar-refractivity contribution in [3.05, 3.63) is 23.8 Å². The van der Waals surface area contributed by atoms with Crippen molar-refractivity contribution in [3.63, 3.8) is 0 Å². The molecule has 0 aliphatic rings. The predicted octanol–water partition coefficient (Wildman–Crippen LogP) is 1.74.